The monoisotopic (exact) mass is 358 g/mol. The van der Waals surface area contributed by atoms with E-state index >= 15 is 0 Å². The van der Waals surface area contributed by atoms with Crippen LogP contribution in [-0.2, 0) is 15.6 Å². The van der Waals surface area contributed by atoms with E-state index < -0.39 is 20.4 Å². The fourth-order valence-corrected chi connectivity index (χ4v) is 3.06. The van der Waals surface area contributed by atoms with Crippen molar-refractivity contribution < 1.29 is 14.3 Å². The van der Waals surface area contributed by atoms with E-state index in [0.29, 0.717) is 6.42 Å². The van der Waals surface area contributed by atoms with Crippen molar-refractivity contribution in [3.05, 3.63) is 34.3 Å². The number of carboxylic acid groups (broad SMARTS) is 1. The predicted octanol–water partition coefficient (Wildman–Crippen LogP) is 4.47. The molecule has 0 spiro atoms. The minimum Gasteiger partial charge on any atom is -0.479 e. The van der Waals surface area contributed by atoms with E-state index in [1.54, 1.807) is 0 Å². The summed E-state index contributed by atoms with van der Waals surface area (Å²) in [5.41, 5.74) is 0.972. The van der Waals surface area contributed by atoms with Crippen molar-refractivity contribution in [3.8, 4) is 0 Å². The van der Waals surface area contributed by atoms with Gasteiger partial charge in [0, 0.05) is 10.9 Å². The molecule has 20 heavy (non-hydrogen) atoms. The third kappa shape index (κ3) is 4.72. The lowest BCUT2D eigenvalue weighted by atomic mass is 10.1. The van der Waals surface area contributed by atoms with Crippen molar-refractivity contribution in [2.24, 2.45) is 0 Å². The minimum absolute atomic E-state index is 0.000413. The van der Waals surface area contributed by atoms with Gasteiger partial charge in [-0.25, -0.2) is 4.79 Å². The van der Waals surface area contributed by atoms with Gasteiger partial charge in [0.15, 0.2) is 8.32 Å². The summed E-state index contributed by atoms with van der Waals surface area (Å²) in [6.07, 6.45) is -0.383. The van der Waals surface area contributed by atoms with Gasteiger partial charge in [-0.2, -0.15) is 0 Å². The lowest BCUT2D eigenvalue weighted by molar-refractivity contribution is -0.145. The first kappa shape index (κ1) is 17.4. The summed E-state index contributed by atoms with van der Waals surface area (Å²) >= 11 is 3.37. The van der Waals surface area contributed by atoms with Crippen molar-refractivity contribution in [3.63, 3.8) is 0 Å². The summed E-state index contributed by atoms with van der Waals surface area (Å²) in [5, 5.41) is 9.41. The number of hydrogen-bond acceptors (Lipinski definition) is 2. The van der Waals surface area contributed by atoms with E-state index in [1.165, 1.54) is 0 Å². The standard InChI is InChI=1S/C15H23BrO3Si/c1-15(2,3)20(4,5)19-13(14(17)18)10-11-6-8-12(16)9-7-11/h6-9,13H,10H2,1-5H3,(H,17,18)/t13-/m1/s1. The highest BCUT2D eigenvalue weighted by Crippen LogP contribution is 2.37. The Labute approximate surface area is 130 Å². The van der Waals surface area contributed by atoms with Gasteiger partial charge in [0.2, 0.25) is 0 Å². The van der Waals surface area contributed by atoms with Crippen LogP contribution < -0.4 is 0 Å². The lowest BCUT2D eigenvalue weighted by Crippen LogP contribution is -2.46. The highest BCUT2D eigenvalue weighted by atomic mass is 79.9. The first-order valence-electron chi connectivity index (χ1n) is 6.68. The molecular weight excluding hydrogens is 336 g/mol. The van der Waals surface area contributed by atoms with Crippen LogP contribution in [0, 0.1) is 0 Å². The Hall–Kier alpha value is -0.653. The molecule has 0 heterocycles. The maximum absolute atomic E-state index is 11.5. The third-order valence-electron chi connectivity index (χ3n) is 3.85. The van der Waals surface area contributed by atoms with Gasteiger partial charge in [-0.3, -0.25) is 0 Å². The van der Waals surface area contributed by atoms with Gasteiger partial charge in [-0.05, 0) is 35.8 Å². The van der Waals surface area contributed by atoms with Gasteiger partial charge in [0.1, 0.15) is 6.10 Å². The minimum atomic E-state index is -2.09. The Balaban J connectivity index is 2.86. The highest BCUT2D eigenvalue weighted by Gasteiger charge is 2.40. The molecule has 1 aromatic carbocycles. The zero-order valence-electron chi connectivity index (χ0n) is 12.7. The van der Waals surface area contributed by atoms with Crippen LogP contribution in [0.3, 0.4) is 0 Å². The smallest absolute Gasteiger partial charge is 0.331 e. The number of carbonyl (C=O) groups is 1. The topological polar surface area (TPSA) is 46.5 Å². The zero-order valence-corrected chi connectivity index (χ0v) is 15.3. The quantitative estimate of drug-likeness (QED) is 0.789. The van der Waals surface area contributed by atoms with Crippen LogP contribution in [0.15, 0.2) is 28.7 Å². The van der Waals surface area contributed by atoms with Crippen molar-refractivity contribution >= 4 is 30.2 Å². The number of benzene rings is 1. The van der Waals surface area contributed by atoms with E-state index in [0.717, 1.165) is 10.0 Å². The van der Waals surface area contributed by atoms with E-state index in [-0.39, 0.29) is 5.04 Å². The van der Waals surface area contributed by atoms with Gasteiger partial charge in [0.25, 0.3) is 0 Å². The molecule has 1 aromatic rings. The molecule has 1 atom stereocenters. The van der Waals surface area contributed by atoms with E-state index in [4.69, 9.17) is 4.43 Å². The van der Waals surface area contributed by atoms with Gasteiger partial charge < -0.3 is 9.53 Å². The largest absolute Gasteiger partial charge is 0.479 e. The SMILES string of the molecule is CC(C)(C)[Si](C)(C)O[C@H](Cc1ccc(Br)cc1)C(=O)O. The Kier molecular flexibility index (Phi) is 5.58. The van der Waals surface area contributed by atoms with Crippen LogP contribution >= 0.6 is 15.9 Å². The molecule has 0 aliphatic carbocycles. The van der Waals surface area contributed by atoms with Gasteiger partial charge in [-0.15, -0.1) is 0 Å². The predicted molar refractivity (Wildman–Crippen MR) is 87.6 cm³/mol. The summed E-state index contributed by atoms with van der Waals surface area (Å²) in [6, 6.07) is 7.69. The molecule has 112 valence electrons. The van der Waals surface area contributed by atoms with Crippen LogP contribution in [0.2, 0.25) is 18.1 Å². The molecule has 5 heteroatoms. The van der Waals surface area contributed by atoms with E-state index in [9.17, 15) is 9.90 Å². The number of aliphatic carboxylic acids is 1. The first-order valence-corrected chi connectivity index (χ1v) is 10.4. The summed E-state index contributed by atoms with van der Waals surface area (Å²) in [6.45, 7) is 10.5. The molecule has 0 aliphatic rings. The van der Waals surface area contributed by atoms with Crippen LogP contribution in [0.4, 0.5) is 0 Å². The second-order valence-electron chi connectivity index (χ2n) is 6.54. The summed E-state index contributed by atoms with van der Waals surface area (Å²) in [5.74, 6) is -0.891. The Morgan fingerprint density at radius 1 is 1.30 bits per heavy atom. The lowest BCUT2D eigenvalue weighted by Gasteiger charge is -2.38. The molecular formula is C15H23BrO3Si. The molecule has 0 saturated heterocycles. The molecule has 0 fully saturated rings. The molecule has 0 amide bonds. The maximum atomic E-state index is 11.5. The number of rotatable bonds is 5. The van der Waals surface area contributed by atoms with E-state index in [1.807, 2.05) is 24.3 Å². The number of carboxylic acids is 1. The normalized spacial score (nSPS) is 14.1. The molecule has 0 aromatic heterocycles. The maximum Gasteiger partial charge on any atom is 0.331 e. The number of hydrogen-bond donors (Lipinski definition) is 1. The summed E-state index contributed by atoms with van der Waals surface area (Å²) < 4.78 is 7.01. The fraction of sp³-hybridized carbons (Fsp3) is 0.533. The molecule has 0 bridgehead atoms. The van der Waals surface area contributed by atoms with Crippen molar-refractivity contribution in [2.45, 2.75) is 51.4 Å². The van der Waals surface area contributed by atoms with Crippen LogP contribution in [0.5, 0.6) is 0 Å². The summed E-state index contributed by atoms with van der Waals surface area (Å²) in [4.78, 5) is 11.5. The van der Waals surface area contributed by atoms with Gasteiger partial charge in [-0.1, -0.05) is 48.8 Å². The molecule has 0 saturated carbocycles. The first-order chi connectivity index (χ1) is 9.03. The average molecular weight is 359 g/mol. The second kappa shape index (κ2) is 6.41. The fourth-order valence-electron chi connectivity index (χ4n) is 1.55. The molecule has 0 unspecified atom stereocenters. The molecule has 0 aliphatic heterocycles. The van der Waals surface area contributed by atoms with E-state index in [2.05, 4.69) is 49.8 Å². The zero-order chi connectivity index (χ0) is 15.6. The van der Waals surface area contributed by atoms with Crippen LogP contribution in [0.25, 0.3) is 0 Å². The highest BCUT2D eigenvalue weighted by molar-refractivity contribution is 9.10. The van der Waals surface area contributed by atoms with Crippen molar-refractivity contribution in [1.82, 2.24) is 0 Å². The number of halogens is 1. The van der Waals surface area contributed by atoms with Crippen molar-refractivity contribution in [1.29, 1.82) is 0 Å². The molecule has 3 nitrogen and oxygen atoms in total. The van der Waals surface area contributed by atoms with Gasteiger partial charge >= 0.3 is 5.97 Å². The molecule has 1 N–H and O–H groups in total. The van der Waals surface area contributed by atoms with Crippen LogP contribution in [-0.4, -0.2) is 25.5 Å². The summed E-state index contributed by atoms with van der Waals surface area (Å²) in [7, 11) is -2.09. The average Bonchev–Trinajstić information content (AvgIpc) is 2.29. The molecule has 0 radical (unpaired) electrons. The Bertz CT molecular complexity index is 463. The van der Waals surface area contributed by atoms with Crippen molar-refractivity contribution in [2.75, 3.05) is 0 Å². The second-order valence-corrected chi connectivity index (χ2v) is 12.2. The Morgan fingerprint density at radius 3 is 2.20 bits per heavy atom. The molecule has 1 rings (SSSR count). The van der Waals surface area contributed by atoms with Crippen LogP contribution in [0.1, 0.15) is 26.3 Å². The van der Waals surface area contributed by atoms with Gasteiger partial charge in [0.05, 0.1) is 0 Å². The Morgan fingerprint density at radius 2 is 1.80 bits per heavy atom. The third-order valence-corrected chi connectivity index (χ3v) is 8.87.